The topological polar surface area (TPSA) is 30.5 Å². The summed E-state index contributed by atoms with van der Waals surface area (Å²) in [5.74, 6) is 0. The van der Waals surface area contributed by atoms with Gasteiger partial charge in [0.2, 0.25) is 0 Å². The maximum absolute atomic E-state index is 6.12. The molecule has 1 aromatic heterocycles. The highest BCUT2D eigenvalue weighted by molar-refractivity contribution is 7.11. The summed E-state index contributed by atoms with van der Waals surface area (Å²) in [5.41, 5.74) is 0.0907. The fourth-order valence-corrected chi connectivity index (χ4v) is 4.64. The zero-order chi connectivity index (χ0) is 14.7. The maximum Gasteiger partial charge on any atom is 0.0741 e. The number of rotatable bonds is 4. The normalized spacial score (nSPS) is 26.9. The van der Waals surface area contributed by atoms with Crippen LogP contribution in [0.25, 0.3) is 0 Å². The van der Waals surface area contributed by atoms with Crippen molar-refractivity contribution in [2.24, 2.45) is 0 Å². The van der Waals surface area contributed by atoms with Crippen molar-refractivity contribution < 1.29 is 9.47 Å². The van der Waals surface area contributed by atoms with Crippen LogP contribution in [-0.2, 0) is 15.9 Å². The van der Waals surface area contributed by atoms with Crippen LogP contribution in [-0.4, -0.2) is 37.5 Å². The Labute approximate surface area is 132 Å². The van der Waals surface area contributed by atoms with E-state index >= 15 is 0 Å². The lowest BCUT2D eigenvalue weighted by molar-refractivity contribution is -0.140. The number of nitrogens with one attached hydrogen (secondary N) is 1. The van der Waals surface area contributed by atoms with Gasteiger partial charge in [0.1, 0.15) is 0 Å². The number of hydrogen-bond acceptors (Lipinski definition) is 4. The minimum absolute atomic E-state index is 0.0907. The summed E-state index contributed by atoms with van der Waals surface area (Å²) in [6.07, 6.45) is 5.53. The van der Waals surface area contributed by atoms with Gasteiger partial charge in [0.15, 0.2) is 0 Å². The Morgan fingerprint density at radius 2 is 2.14 bits per heavy atom. The van der Waals surface area contributed by atoms with Crippen molar-refractivity contribution in [1.29, 1.82) is 0 Å². The molecule has 2 aliphatic rings. The van der Waals surface area contributed by atoms with Crippen LogP contribution in [0.1, 0.15) is 42.4 Å². The van der Waals surface area contributed by atoms with Crippen molar-refractivity contribution in [2.45, 2.75) is 63.6 Å². The van der Waals surface area contributed by atoms with Gasteiger partial charge < -0.3 is 14.8 Å². The monoisotopic (exact) mass is 309 g/mol. The molecule has 3 heterocycles. The van der Waals surface area contributed by atoms with Crippen LogP contribution in [0.15, 0.2) is 12.1 Å². The summed E-state index contributed by atoms with van der Waals surface area (Å²) in [6, 6.07) is 5.61. The van der Waals surface area contributed by atoms with Gasteiger partial charge in [-0.25, -0.2) is 0 Å². The highest BCUT2D eigenvalue weighted by Crippen LogP contribution is 2.34. The zero-order valence-corrected chi connectivity index (χ0v) is 14.0. The molecule has 3 rings (SSSR count). The molecule has 0 aromatic carbocycles. The van der Waals surface area contributed by atoms with E-state index in [1.807, 2.05) is 11.3 Å². The molecule has 1 spiro atoms. The second-order valence-electron chi connectivity index (χ2n) is 6.62. The first-order valence-corrected chi connectivity index (χ1v) is 9.00. The predicted molar refractivity (Wildman–Crippen MR) is 87.1 cm³/mol. The van der Waals surface area contributed by atoms with Gasteiger partial charge >= 0.3 is 0 Å². The van der Waals surface area contributed by atoms with Gasteiger partial charge in [-0.3, -0.25) is 0 Å². The molecule has 4 heteroatoms. The van der Waals surface area contributed by atoms with Crippen LogP contribution in [0.4, 0.5) is 0 Å². The highest BCUT2D eigenvalue weighted by Gasteiger charge is 2.39. The lowest BCUT2D eigenvalue weighted by Gasteiger charge is -2.44. The van der Waals surface area contributed by atoms with Crippen LogP contribution < -0.4 is 5.32 Å². The minimum Gasteiger partial charge on any atom is -0.381 e. The molecule has 0 bridgehead atoms. The first-order valence-electron chi connectivity index (χ1n) is 8.18. The Balaban J connectivity index is 1.52. The molecule has 118 valence electrons. The molecule has 0 amide bonds. The number of hydrogen-bond donors (Lipinski definition) is 1. The fourth-order valence-electron chi connectivity index (χ4n) is 3.62. The molecule has 3 nitrogen and oxygen atoms in total. The molecule has 1 N–H and O–H groups in total. The SMILES string of the molecule is Cc1ccc(CC(C)NC2CCOC3(CCOCC3)C2)s1. The van der Waals surface area contributed by atoms with E-state index in [1.165, 1.54) is 9.75 Å². The summed E-state index contributed by atoms with van der Waals surface area (Å²) < 4.78 is 11.6. The Morgan fingerprint density at radius 1 is 1.33 bits per heavy atom. The lowest BCUT2D eigenvalue weighted by atomic mass is 9.84. The maximum atomic E-state index is 6.12. The molecule has 1 aromatic rings. The predicted octanol–water partition coefficient (Wildman–Crippen LogP) is 3.31. The Bertz CT molecular complexity index is 448. The molecule has 2 atom stereocenters. The minimum atomic E-state index is 0.0907. The van der Waals surface area contributed by atoms with Crippen LogP contribution in [0.2, 0.25) is 0 Å². The average Bonchev–Trinajstić information content (AvgIpc) is 2.85. The number of thiophene rings is 1. The Kier molecular flexibility index (Phi) is 4.99. The fraction of sp³-hybridized carbons (Fsp3) is 0.765. The zero-order valence-electron chi connectivity index (χ0n) is 13.2. The van der Waals surface area contributed by atoms with Gasteiger partial charge in [-0.2, -0.15) is 0 Å². The molecule has 0 aliphatic carbocycles. The van der Waals surface area contributed by atoms with E-state index in [9.17, 15) is 0 Å². The molecular weight excluding hydrogens is 282 g/mol. The van der Waals surface area contributed by atoms with Gasteiger partial charge in [-0.15, -0.1) is 11.3 Å². The molecule has 2 unspecified atom stereocenters. The summed E-state index contributed by atoms with van der Waals surface area (Å²) in [5, 5.41) is 3.83. The van der Waals surface area contributed by atoms with Crippen molar-refractivity contribution in [1.82, 2.24) is 5.32 Å². The Morgan fingerprint density at radius 3 is 2.86 bits per heavy atom. The lowest BCUT2D eigenvalue weighted by Crippen LogP contribution is -2.51. The molecule has 21 heavy (non-hydrogen) atoms. The van der Waals surface area contributed by atoms with Gasteiger partial charge in [0.25, 0.3) is 0 Å². The number of aryl methyl sites for hydroxylation is 1. The third-order valence-electron chi connectivity index (χ3n) is 4.72. The molecule has 2 aliphatic heterocycles. The van der Waals surface area contributed by atoms with Crippen molar-refractivity contribution in [3.05, 3.63) is 21.9 Å². The van der Waals surface area contributed by atoms with Gasteiger partial charge in [0.05, 0.1) is 5.60 Å². The third kappa shape index (κ3) is 4.07. The molecule has 0 saturated carbocycles. The summed E-state index contributed by atoms with van der Waals surface area (Å²) >= 11 is 1.92. The van der Waals surface area contributed by atoms with E-state index in [0.717, 1.165) is 51.9 Å². The van der Waals surface area contributed by atoms with Crippen molar-refractivity contribution >= 4 is 11.3 Å². The smallest absolute Gasteiger partial charge is 0.0741 e. The van der Waals surface area contributed by atoms with E-state index in [2.05, 4.69) is 31.3 Å². The second-order valence-corrected chi connectivity index (χ2v) is 7.99. The van der Waals surface area contributed by atoms with E-state index < -0.39 is 0 Å². The van der Waals surface area contributed by atoms with Gasteiger partial charge in [0, 0.05) is 41.7 Å². The summed E-state index contributed by atoms with van der Waals surface area (Å²) in [7, 11) is 0. The van der Waals surface area contributed by atoms with E-state index in [-0.39, 0.29) is 5.60 Å². The van der Waals surface area contributed by atoms with Crippen LogP contribution in [0.3, 0.4) is 0 Å². The summed E-state index contributed by atoms with van der Waals surface area (Å²) in [6.45, 7) is 7.09. The molecule has 0 radical (unpaired) electrons. The summed E-state index contributed by atoms with van der Waals surface area (Å²) in [4.78, 5) is 2.89. The van der Waals surface area contributed by atoms with E-state index in [4.69, 9.17) is 9.47 Å². The number of ether oxygens (including phenoxy) is 2. The van der Waals surface area contributed by atoms with Crippen molar-refractivity contribution in [3.8, 4) is 0 Å². The molecule has 2 fully saturated rings. The van der Waals surface area contributed by atoms with Gasteiger partial charge in [-0.05, 0) is 58.1 Å². The first kappa shape index (κ1) is 15.5. The second kappa shape index (κ2) is 6.78. The van der Waals surface area contributed by atoms with E-state index in [0.29, 0.717) is 12.1 Å². The largest absolute Gasteiger partial charge is 0.381 e. The van der Waals surface area contributed by atoms with Crippen molar-refractivity contribution in [2.75, 3.05) is 19.8 Å². The van der Waals surface area contributed by atoms with Crippen LogP contribution in [0.5, 0.6) is 0 Å². The Hall–Kier alpha value is -0.420. The average molecular weight is 309 g/mol. The quantitative estimate of drug-likeness (QED) is 0.925. The van der Waals surface area contributed by atoms with Gasteiger partial charge in [-0.1, -0.05) is 0 Å². The standard InChI is InChI=1S/C17H27NO2S/c1-13(11-16-4-3-14(2)21-16)18-15-5-8-20-17(12-15)6-9-19-10-7-17/h3-4,13,15,18H,5-12H2,1-2H3. The highest BCUT2D eigenvalue weighted by atomic mass is 32.1. The first-order chi connectivity index (χ1) is 10.2. The van der Waals surface area contributed by atoms with E-state index in [1.54, 1.807) is 0 Å². The third-order valence-corrected chi connectivity index (χ3v) is 5.74. The molecular formula is C17H27NO2S. The molecule has 2 saturated heterocycles. The van der Waals surface area contributed by atoms with Crippen molar-refractivity contribution in [3.63, 3.8) is 0 Å². The van der Waals surface area contributed by atoms with Crippen LogP contribution >= 0.6 is 11.3 Å². The van der Waals surface area contributed by atoms with Crippen LogP contribution in [0, 0.1) is 6.92 Å².